The summed E-state index contributed by atoms with van der Waals surface area (Å²) in [5.41, 5.74) is 0.336. The van der Waals surface area contributed by atoms with E-state index in [1.54, 1.807) is 0 Å². The van der Waals surface area contributed by atoms with E-state index in [0.717, 1.165) is 11.8 Å². The molecule has 0 N–H and O–H groups in total. The van der Waals surface area contributed by atoms with Crippen molar-refractivity contribution < 1.29 is 4.74 Å². The lowest BCUT2D eigenvalue weighted by Gasteiger charge is -2.15. The van der Waals surface area contributed by atoms with Gasteiger partial charge in [0.2, 0.25) is 0 Å². The maximum absolute atomic E-state index is 5.69. The number of ether oxygens (including phenoxy) is 1. The maximum atomic E-state index is 5.69. The molecule has 2 saturated carbocycles. The van der Waals surface area contributed by atoms with E-state index < -0.39 is 0 Å². The van der Waals surface area contributed by atoms with E-state index in [-0.39, 0.29) is 0 Å². The molecule has 1 nitrogen and oxygen atoms in total. The minimum absolute atomic E-state index is 0.336. The minimum Gasteiger partial charge on any atom is -0.359 e. The molecule has 3 unspecified atom stereocenters. The standard InChI is InChI=1S/C9H13O/c1-2-9-7-4-3-6(5-7)8(9)10-9/h6-7H,2-5H2,1H3. The normalized spacial score (nSPS) is 57.3. The highest BCUT2D eigenvalue weighted by Gasteiger charge is 2.71. The lowest BCUT2D eigenvalue weighted by molar-refractivity contribution is 0.199. The molecule has 0 spiro atoms. The van der Waals surface area contributed by atoms with Gasteiger partial charge in [-0.3, -0.25) is 0 Å². The van der Waals surface area contributed by atoms with E-state index in [0.29, 0.717) is 5.60 Å². The van der Waals surface area contributed by atoms with Crippen LogP contribution in [0.2, 0.25) is 0 Å². The molecule has 55 valence electrons. The molecule has 1 heteroatoms. The first-order valence-corrected chi connectivity index (χ1v) is 4.43. The third-order valence-corrected chi connectivity index (χ3v) is 3.66. The Balaban J connectivity index is 1.95. The smallest absolute Gasteiger partial charge is 0.133 e. The van der Waals surface area contributed by atoms with Gasteiger partial charge in [-0.05, 0) is 37.5 Å². The first-order chi connectivity index (χ1) is 4.87. The molecule has 3 rings (SSSR count). The van der Waals surface area contributed by atoms with Crippen LogP contribution in [0.3, 0.4) is 0 Å². The third-order valence-electron chi connectivity index (χ3n) is 3.66. The number of fused-ring (bicyclic) bond motifs is 5. The summed E-state index contributed by atoms with van der Waals surface area (Å²) in [4.78, 5) is 0. The summed E-state index contributed by atoms with van der Waals surface area (Å²) in [5.74, 6) is 1.79. The zero-order valence-corrected chi connectivity index (χ0v) is 6.39. The lowest BCUT2D eigenvalue weighted by Crippen LogP contribution is -2.19. The van der Waals surface area contributed by atoms with Crippen molar-refractivity contribution in [1.29, 1.82) is 0 Å². The van der Waals surface area contributed by atoms with Crippen LogP contribution in [0.25, 0.3) is 0 Å². The van der Waals surface area contributed by atoms with Crippen molar-refractivity contribution in [1.82, 2.24) is 0 Å². The van der Waals surface area contributed by atoms with Gasteiger partial charge in [0, 0.05) is 0 Å². The summed E-state index contributed by atoms with van der Waals surface area (Å²) < 4.78 is 5.69. The van der Waals surface area contributed by atoms with Gasteiger partial charge in [-0.15, -0.1) is 0 Å². The second-order valence-corrected chi connectivity index (χ2v) is 3.92. The molecule has 3 fully saturated rings. The number of hydrogen-bond acceptors (Lipinski definition) is 1. The Labute approximate surface area is 61.8 Å². The van der Waals surface area contributed by atoms with Gasteiger partial charge in [0.05, 0.1) is 0 Å². The first-order valence-electron chi connectivity index (χ1n) is 4.43. The zero-order chi connectivity index (χ0) is 6.77. The Morgan fingerprint density at radius 1 is 1.60 bits per heavy atom. The van der Waals surface area contributed by atoms with Crippen LogP contribution in [-0.4, -0.2) is 5.60 Å². The van der Waals surface area contributed by atoms with Gasteiger partial charge >= 0.3 is 0 Å². The highest BCUT2D eigenvalue weighted by molar-refractivity contribution is 5.30. The fourth-order valence-electron chi connectivity index (χ4n) is 3.06. The van der Waals surface area contributed by atoms with Gasteiger partial charge in [-0.2, -0.15) is 0 Å². The highest BCUT2D eigenvalue weighted by atomic mass is 16.6. The predicted octanol–water partition coefficient (Wildman–Crippen LogP) is 2.13. The monoisotopic (exact) mass is 137 g/mol. The Morgan fingerprint density at radius 3 is 3.00 bits per heavy atom. The lowest BCUT2D eigenvalue weighted by atomic mass is 9.87. The third kappa shape index (κ3) is 0.402. The number of rotatable bonds is 1. The van der Waals surface area contributed by atoms with Crippen molar-refractivity contribution in [2.24, 2.45) is 11.8 Å². The van der Waals surface area contributed by atoms with Gasteiger partial charge in [0.25, 0.3) is 0 Å². The van der Waals surface area contributed by atoms with E-state index in [4.69, 9.17) is 4.74 Å². The maximum Gasteiger partial charge on any atom is 0.133 e. The minimum atomic E-state index is 0.336. The molecule has 0 aromatic rings. The molecule has 1 aliphatic heterocycles. The molecular weight excluding hydrogens is 124 g/mol. The average Bonchev–Trinajstić information content (AvgIpc) is 2.47. The summed E-state index contributed by atoms with van der Waals surface area (Å²) >= 11 is 0. The summed E-state index contributed by atoms with van der Waals surface area (Å²) in [6.07, 6.45) is 7.00. The van der Waals surface area contributed by atoms with E-state index in [9.17, 15) is 0 Å². The van der Waals surface area contributed by atoms with Crippen LogP contribution >= 0.6 is 0 Å². The molecule has 3 aliphatic rings. The van der Waals surface area contributed by atoms with Gasteiger partial charge in [0.1, 0.15) is 11.7 Å². The fraction of sp³-hybridized carbons (Fsp3) is 0.889. The molecule has 1 heterocycles. The molecule has 0 aromatic carbocycles. The van der Waals surface area contributed by atoms with Crippen LogP contribution in [0, 0.1) is 17.9 Å². The van der Waals surface area contributed by atoms with Crippen molar-refractivity contribution in [2.45, 2.75) is 38.2 Å². The Kier molecular flexibility index (Phi) is 0.797. The second kappa shape index (κ2) is 1.42. The van der Waals surface area contributed by atoms with Crippen LogP contribution < -0.4 is 0 Å². The average molecular weight is 137 g/mol. The Bertz CT molecular complexity index is 178. The van der Waals surface area contributed by atoms with Crippen molar-refractivity contribution in [3.63, 3.8) is 0 Å². The molecule has 1 saturated heterocycles. The van der Waals surface area contributed by atoms with Gasteiger partial charge in [0.15, 0.2) is 0 Å². The van der Waals surface area contributed by atoms with E-state index >= 15 is 0 Å². The Morgan fingerprint density at radius 2 is 2.50 bits per heavy atom. The summed E-state index contributed by atoms with van der Waals surface area (Å²) in [6.45, 7) is 2.26. The zero-order valence-electron chi connectivity index (χ0n) is 6.39. The SMILES string of the molecule is CCC12O[C]1C1CCC2C1. The van der Waals surface area contributed by atoms with E-state index in [1.165, 1.54) is 31.8 Å². The van der Waals surface area contributed by atoms with Crippen LogP contribution in [0.5, 0.6) is 0 Å². The molecule has 2 bridgehead atoms. The number of hydrogen-bond donors (Lipinski definition) is 0. The molecule has 2 aliphatic carbocycles. The van der Waals surface area contributed by atoms with Crippen LogP contribution in [0.4, 0.5) is 0 Å². The summed E-state index contributed by atoms with van der Waals surface area (Å²) in [5, 5.41) is 0. The molecule has 0 amide bonds. The molecule has 1 radical (unpaired) electrons. The second-order valence-electron chi connectivity index (χ2n) is 3.92. The van der Waals surface area contributed by atoms with Gasteiger partial charge in [-0.1, -0.05) is 6.92 Å². The number of epoxide rings is 1. The van der Waals surface area contributed by atoms with Crippen molar-refractivity contribution in [2.75, 3.05) is 0 Å². The van der Waals surface area contributed by atoms with E-state index in [2.05, 4.69) is 6.92 Å². The highest BCUT2D eigenvalue weighted by Crippen LogP contribution is 2.70. The topological polar surface area (TPSA) is 12.5 Å². The van der Waals surface area contributed by atoms with Crippen LogP contribution in [-0.2, 0) is 4.74 Å². The van der Waals surface area contributed by atoms with Crippen LogP contribution in [0.15, 0.2) is 0 Å². The summed E-state index contributed by atoms with van der Waals surface area (Å²) in [6, 6.07) is 0. The molecular formula is C9H13O. The fourth-order valence-corrected chi connectivity index (χ4v) is 3.06. The quantitative estimate of drug-likeness (QED) is 0.504. The van der Waals surface area contributed by atoms with E-state index in [1.807, 2.05) is 0 Å². The molecule has 3 atom stereocenters. The van der Waals surface area contributed by atoms with Crippen molar-refractivity contribution in [3.8, 4) is 0 Å². The van der Waals surface area contributed by atoms with Crippen LogP contribution in [0.1, 0.15) is 32.6 Å². The largest absolute Gasteiger partial charge is 0.359 e. The van der Waals surface area contributed by atoms with Crippen molar-refractivity contribution in [3.05, 3.63) is 6.10 Å². The molecule has 0 aromatic heterocycles. The van der Waals surface area contributed by atoms with Crippen molar-refractivity contribution >= 4 is 0 Å². The van der Waals surface area contributed by atoms with Gasteiger partial charge in [-0.25, -0.2) is 0 Å². The first kappa shape index (κ1) is 5.59. The summed E-state index contributed by atoms with van der Waals surface area (Å²) in [7, 11) is 0. The predicted molar refractivity (Wildman–Crippen MR) is 38.2 cm³/mol. The van der Waals surface area contributed by atoms with Gasteiger partial charge < -0.3 is 4.74 Å². The Hall–Kier alpha value is -0.0400. The molecule has 10 heavy (non-hydrogen) atoms.